The molecule has 0 unspecified atom stereocenters. The lowest BCUT2D eigenvalue weighted by atomic mass is 10.3. The molecule has 2 rings (SSSR count). The maximum Gasteiger partial charge on any atom is 0.323 e. The van der Waals surface area contributed by atoms with Crippen molar-refractivity contribution in [2.75, 3.05) is 10.6 Å². The lowest BCUT2D eigenvalue weighted by molar-refractivity contribution is 0.262. The van der Waals surface area contributed by atoms with Crippen LogP contribution in [0.15, 0.2) is 58.3 Å². The summed E-state index contributed by atoms with van der Waals surface area (Å²) < 4.78 is 127. The van der Waals surface area contributed by atoms with Gasteiger partial charge in [0, 0.05) is 11.4 Å². The van der Waals surface area contributed by atoms with Gasteiger partial charge in [-0.15, -0.1) is 0 Å². The zero-order chi connectivity index (χ0) is 21.8. The molecule has 0 aromatic heterocycles. The van der Waals surface area contributed by atoms with Crippen molar-refractivity contribution >= 4 is 37.9 Å². The highest BCUT2D eigenvalue weighted by Crippen LogP contribution is 3.02. The van der Waals surface area contributed by atoms with Crippen molar-refractivity contribution in [2.45, 2.75) is 9.79 Å². The summed E-state index contributed by atoms with van der Waals surface area (Å²) in [6, 6.07) is 1.20. The summed E-state index contributed by atoms with van der Waals surface area (Å²) in [6.45, 7) is 0. The van der Waals surface area contributed by atoms with E-state index in [1.54, 1.807) is 5.32 Å². The van der Waals surface area contributed by atoms with Gasteiger partial charge in [-0.3, -0.25) is 0 Å². The molecule has 0 aliphatic rings. The number of urea groups is 1. The molecular formula is C13H10F10N2OS2. The molecule has 15 heteroatoms. The topological polar surface area (TPSA) is 41.1 Å². The van der Waals surface area contributed by atoms with E-state index in [1.165, 1.54) is 0 Å². The second-order valence-corrected chi connectivity index (χ2v) is 10.4. The minimum absolute atomic E-state index is 0.00587. The lowest BCUT2D eigenvalue weighted by Crippen LogP contribution is -2.19. The van der Waals surface area contributed by atoms with Crippen molar-refractivity contribution in [1.82, 2.24) is 0 Å². The van der Waals surface area contributed by atoms with Crippen LogP contribution in [0.4, 0.5) is 55.0 Å². The first-order valence-electron chi connectivity index (χ1n) is 6.80. The average molecular weight is 464 g/mol. The Balaban J connectivity index is 2.16. The number of nitrogens with one attached hydrogen (secondary N) is 2. The molecule has 0 heterocycles. The third-order valence-corrected chi connectivity index (χ3v) is 5.40. The summed E-state index contributed by atoms with van der Waals surface area (Å²) in [7, 11) is -19.9. The van der Waals surface area contributed by atoms with E-state index in [2.05, 4.69) is 0 Å². The van der Waals surface area contributed by atoms with Crippen LogP contribution in [0.25, 0.3) is 0 Å². The van der Waals surface area contributed by atoms with Crippen LogP contribution in [-0.4, -0.2) is 6.03 Å². The maximum absolute atomic E-state index is 12.7. The molecular weight excluding hydrogens is 454 g/mol. The van der Waals surface area contributed by atoms with E-state index in [0.29, 0.717) is 18.2 Å². The SMILES string of the molecule is O=C(Nc1ccc(S(F)(F)(F)(F)F)cc1)Nc1cccc(S(F)(F)(F)(F)F)c1. The van der Waals surface area contributed by atoms with Crippen molar-refractivity contribution < 1.29 is 43.7 Å². The number of amides is 2. The van der Waals surface area contributed by atoms with Crippen molar-refractivity contribution in [3.63, 3.8) is 0 Å². The Morgan fingerprint density at radius 2 is 1.07 bits per heavy atom. The molecule has 0 radical (unpaired) electrons. The zero-order valence-electron chi connectivity index (χ0n) is 13.1. The number of hydrogen-bond donors (Lipinski definition) is 2. The van der Waals surface area contributed by atoms with Gasteiger partial charge >= 0.3 is 26.5 Å². The van der Waals surface area contributed by atoms with E-state index in [1.807, 2.05) is 5.32 Å². The van der Waals surface area contributed by atoms with E-state index < -0.39 is 47.6 Å². The highest BCUT2D eigenvalue weighted by atomic mass is 32.5. The molecule has 0 atom stereocenters. The standard InChI is InChI=1S/C13H10F10N2OS2/c14-27(15,16,17,18)11-6-4-9(5-7-11)24-13(26)25-10-2-1-3-12(8-10)28(19,20,21,22)23/h1-8H,(H2,24,25,26). The number of carbonyl (C=O) groups excluding carboxylic acids is 1. The smallest absolute Gasteiger partial charge is 0.308 e. The highest BCUT2D eigenvalue weighted by Gasteiger charge is 2.66. The molecule has 3 nitrogen and oxygen atoms in total. The normalized spacial score (nSPS) is 17.5. The minimum atomic E-state index is -9.99. The Morgan fingerprint density at radius 1 is 0.607 bits per heavy atom. The van der Waals surface area contributed by atoms with Gasteiger partial charge in [0.25, 0.3) is 0 Å². The fourth-order valence-electron chi connectivity index (χ4n) is 1.90. The van der Waals surface area contributed by atoms with Crippen LogP contribution in [-0.2, 0) is 0 Å². The van der Waals surface area contributed by atoms with Gasteiger partial charge < -0.3 is 10.6 Å². The first kappa shape index (κ1) is 22.0. The van der Waals surface area contributed by atoms with Gasteiger partial charge in [0.15, 0.2) is 0 Å². The molecule has 28 heavy (non-hydrogen) atoms. The van der Waals surface area contributed by atoms with Gasteiger partial charge in [-0.05, 0) is 42.5 Å². The molecule has 0 aliphatic heterocycles. The molecule has 2 aromatic rings. The van der Waals surface area contributed by atoms with Crippen LogP contribution in [0.5, 0.6) is 0 Å². The summed E-state index contributed by atoms with van der Waals surface area (Å²) in [6.07, 6.45) is 0. The van der Waals surface area contributed by atoms with Gasteiger partial charge in [-0.1, -0.05) is 44.9 Å². The molecule has 0 saturated carbocycles. The molecule has 2 aromatic carbocycles. The second kappa shape index (κ2) is 5.00. The van der Waals surface area contributed by atoms with Crippen molar-refractivity contribution in [3.8, 4) is 0 Å². The van der Waals surface area contributed by atoms with E-state index in [-0.39, 0.29) is 24.3 Å². The fourth-order valence-corrected chi connectivity index (χ4v) is 3.24. The summed E-state index contributed by atoms with van der Waals surface area (Å²) in [5, 5.41) is 3.63. The fraction of sp³-hybridized carbons (Fsp3) is 0. The van der Waals surface area contributed by atoms with Crippen molar-refractivity contribution in [1.29, 1.82) is 0 Å². The molecule has 2 N–H and O–H groups in total. The van der Waals surface area contributed by atoms with Crippen molar-refractivity contribution in [3.05, 3.63) is 48.5 Å². The van der Waals surface area contributed by atoms with Crippen LogP contribution in [0, 0.1) is 0 Å². The predicted molar refractivity (Wildman–Crippen MR) is 88.3 cm³/mol. The minimum Gasteiger partial charge on any atom is -0.308 e. The first-order valence-corrected chi connectivity index (χ1v) is 10.7. The van der Waals surface area contributed by atoms with Crippen LogP contribution in [0.1, 0.15) is 0 Å². The number of carbonyl (C=O) groups is 1. The Kier molecular flexibility index (Phi) is 3.93. The van der Waals surface area contributed by atoms with E-state index >= 15 is 0 Å². The van der Waals surface area contributed by atoms with Crippen LogP contribution in [0.3, 0.4) is 0 Å². The molecule has 160 valence electrons. The van der Waals surface area contributed by atoms with E-state index in [9.17, 15) is 43.7 Å². The monoisotopic (exact) mass is 464 g/mol. The van der Waals surface area contributed by atoms with E-state index in [0.717, 1.165) is 6.07 Å². The third-order valence-electron chi connectivity index (χ3n) is 3.09. The third kappa shape index (κ3) is 5.85. The highest BCUT2D eigenvalue weighted by molar-refractivity contribution is 8.46. The predicted octanol–water partition coefficient (Wildman–Crippen LogP) is 8.65. The van der Waals surface area contributed by atoms with E-state index in [4.69, 9.17) is 0 Å². The Labute approximate surface area is 151 Å². The quantitative estimate of drug-likeness (QED) is 0.437. The number of hydrogen-bond acceptors (Lipinski definition) is 1. The van der Waals surface area contributed by atoms with Gasteiger partial charge in [-0.25, -0.2) is 4.79 Å². The first-order chi connectivity index (χ1) is 12.0. The molecule has 0 saturated heterocycles. The van der Waals surface area contributed by atoms with Gasteiger partial charge in [0.2, 0.25) is 0 Å². The summed E-state index contributed by atoms with van der Waals surface area (Å²) in [5.41, 5.74) is -1.10. The lowest BCUT2D eigenvalue weighted by Gasteiger charge is -2.40. The summed E-state index contributed by atoms with van der Waals surface area (Å²) in [4.78, 5) is 7.19. The number of anilines is 2. The Hall–Kier alpha value is -2.29. The molecule has 0 fully saturated rings. The molecule has 0 spiro atoms. The number of benzene rings is 2. The van der Waals surface area contributed by atoms with Gasteiger partial charge in [0.1, 0.15) is 9.79 Å². The van der Waals surface area contributed by atoms with Crippen molar-refractivity contribution in [2.24, 2.45) is 0 Å². The number of halogens is 10. The second-order valence-electron chi connectivity index (χ2n) is 5.57. The summed E-state index contributed by atoms with van der Waals surface area (Å²) >= 11 is 0. The zero-order valence-corrected chi connectivity index (χ0v) is 14.8. The van der Waals surface area contributed by atoms with Crippen LogP contribution >= 0.6 is 20.4 Å². The maximum atomic E-state index is 12.7. The number of rotatable bonds is 4. The summed E-state index contributed by atoms with van der Waals surface area (Å²) in [5.74, 6) is 0. The largest absolute Gasteiger partial charge is 0.323 e. The van der Waals surface area contributed by atoms with Crippen LogP contribution in [0.2, 0.25) is 0 Å². The van der Waals surface area contributed by atoms with Gasteiger partial charge in [0.05, 0.1) is 0 Å². The molecule has 0 bridgehead atoms. The average Bonchev–Trinajstić information content (AvgIpc) is 2.43. The molecule has 2 amide bonds. The Bertz CT molecular complexity index is 941. The Morgan fingerprint density at radius 3 is 1.54 bits per heavy atom. The van der Waals surface area contributed by atoms with Gasteiger partial charge in [-0.2, -0.15) is 0 Å². The molecule has 0 aliphatic carbocycles. The van der Waals surface area contributed by atoms with Crippen LogP contribution < -0.4 is 10.6 Å².